The molecule has 1 amide bonds. The van der Waals surface area contributed by atoms with Gasteiger partial charge < -0.3 is 10.6 Å². The highest BCUT2D eigenvalue weighted by molar-refractivity contribution is 7.15. The molecule has 1 saturated heterocycles. The molecule has 2 heterocycles. The van der Waals surface area contributed by atoms with Crippen LogP contribution in [-0.2, 0) is 11.3 Å². The first-order valence-corrected chi connectivity index (χ1v) is 7.51. The van der Waals surface area contributed by atoms with Crippen molar-refractivity contribution in [3.05, 3.63) is 11.1 Å². The van der Waals surface area contributed by atoms with Crippen molar-refractivity contribution in [1.29, 1.82) is 0 Å². The third-order valence-corrected chi connectivity index (χ3v) is 4.46. The number of hydrogen-bond donors (Lipinski definition) is 1. The van der Waals surface area contributed by atoms with Gasteiger partial charge >= 0.3 is 0 Å². The van der Waals surface area contributed by atoms with Crippen LogP contribution in [0.2, 0.25) is 0 Å². The van der Waals surface area contributed by atoms with Gasteiger partial charge in [-0.1, -0.05) is 6.92 Å². The van der Waals surface area contributed by atoms with E-state index >= 15 is 0 Å². The topological polar surface area (TPSA) is 62.5 Å². The third kappa shape index (κ3) is 2.90. The lowest BCUT2D eigenvalue weighted by atomic mass is 9.97. The SMILES string of the molecule is CCCN1CCN(Cc2cnc(N)s2)C(C)(C)C1=O. The number of piperazine rings is 1. The van der Waals surface area contributed by atoms with E-state index in [0.717, 1.165) is 37.5 Å². The van der Waals surface area contributed by atoms with Gasteiger partial charge in [0.25, 0.3) is 0 Å². The fraction of sp³-hybridized carbons (Fsp3) is 0.692. The van der Waals surface area contributed by atoms with Crippen LogP contribution in [0.1, 0.15) is 32.1 Å². The van der Waals surface area contributed by atoms with Crippen LogP contribution in [0.15, 0.2) is 6.20 Å². The molecule has 0 spiro atoms. The Morgan fingerprint density at radius 2 is 2.21 bits per heavy atom. The van der Waals surface area contributed by atoms with Crippen LogP contribution in [-0.4, -0.2) is 45.9 Å². The van der Waals surface area contributed by atoms with Gasteiger partial charge in [0.05, 0.1) is 5.54 Å². The molecule has 0 unspecified atom stereocenters. The quantitative estimate of drug-likeness (QED) is 0.910. The highest BCUT2D eigenvalue weighted by Gasteiger charge is 2.41. The highest BCUT2D eigenvalue weighted by Crippen LogP contribution is 2.26. The summed E-state index contributed by atoms with van der Waals surface area (Å²) in [7, 11) is 0. The summed E-state index contributed by atoms with van der Waals surface area (Å²) in [5, 5.41) is 0.587. The lowest BCUT2D eigenvalue weighted by Crippen LogP contribution is -2.62. The van der Waals surface area contributed by atoms with E-state index in [-0.39, 0.29) is 5.91 Å². The van der Waals surface area contributed by atoms with E-state index in [4.69, 9.17) is 5.73 Å². The lowest BCUT2D eigenvalue weighted by molar-refractivity contribution is -0.149. The van der Waals surface area contributed by atoms with Crippen molar-refractivity contribution in [1.82, 2.24) is 14.8 Å². The second-order valence-electron chi connectivity index (χ2n) is 5.44. The highest BCUT2D eigenvalue weighted by atomic mass is 32.1. The van der Waals surface area contributed by atoms with Crippen LogP contribution >= 0.6 is 11.3 Å². The number of nitrogen functional groups attached to an aromatic ring is 1. The summed E-state index contributed by atoms with van der Waals surface area (Å²) in [6.45, 7) is 9.41. The van der Waals surface area contributed by atoms with Crippen molar-refractivity contribution >= 4 is 22.4 Å². The maximum Gasteiger partial charge on any atom is 0.242 e. The van der Waals surface area contributed by atoms with Crippen LogP contribution < -0.4 is 5.73 Å². The molecule has 1 aromatic rings. The van der Waals surface area contributed by atoms with Gasteiger partial charge in [0.15, 0.2) is 5.13 Å². The van der Waals surface area contributed by atoms with Crippen molar-refractivity contribution in [2.45, 2.75) is 39.3 Å². The molecule has 0 atom stereocenters. The van der Waals surface area contributed by atoms with Crippen LogP contribution in [0.4, 0.5) is 5.13 Å². The molecule has 0 radical (unpaired) electrons. The number of nitrogens with two attached hydrogens (primary N) is 1. The van der Waals surface area contributed by atoms with E-state index < -0.39 is 5.54 Å². The second-order valence-corrected chi connectivity index (χ2v) is 6.58. The molecule has 5 nitrogen and oxygen atoms in total. The van der Waals surface area contributed by atoms with Crippen molar-refractivity contribution in [2.75, 3.05) is 25.4 Å². The molecule has 0 aromatic carbocycles. The van der Waals surface area contributed by atoms with Gasteiger partial charge in [-0.05, 0) is 20.3 Å². The standard InChI is InChI=1S/C13H22N4OS/c1-4-5-16-6-7-17(13(2,3)11(16)18)9-10-8-15-12(14)19-10/h8H,4-7,9H2,1-3H3,(H2,14,15). The fourth-order valence-corrected chi connectivity index (χ4v) is 3.19. The Kier molecular flexibility index (Phi) is 4.10. The zero-order valence-corrected chi connectivity index (χ0v) is 12.7. The number of amides is 1. The van der Waals surface area contributed by atoms with Crippen LogP contribution in [0.3, 0.4) is 0 Å². The number of hydrogen-bond acceptors (Lipinski definition) is 5. The molecule has 1 aliphatic rings. The fourth-order valence-electron chi connectivity index (χ4n) is 2.49. The Morgan fingerprint density at radius 1 is 1.47 bits per heavy atom. The van der Waals surface area contributed by atoms with E-state index in [1.165, 1.54) is 11.3 Å². The summed E-state index contributed by atoms with van der Waals surface area (Å²) in [6.07, 6.45) is 2.81. The zero-order valence-electron chi connectivity index (χ0n) is 11.8. The van der Waals surface area contributed by atoms with Gasteiger partial charge in [-0.2, -0.15) is 0 Å². The van der Waals surface area contributed by atoms with Crippen molar-refractivity contribution in [3.63, 3.8) is 0 Å². The number of nitrogens with zero attached hydrogens (tertiary/aromatic N) is 3. The number of aromatic nitrogens is 1. The number of carbonyl (C=O) groups is 1. The Hall–Kier alpha value is -1.14. The molecule has 1 aromatic heterocycles. The average molecular weight is 282 g/mol. The molecule has 2 N–H and O–H groups in total. The Bertz CT molecular complexity index is 457. The lowest BCUT2D eigenvalue weighted by Gasteiger charge is -2.45. The number of anilines is 1. The van der Waals surface area contributed by atoms with Gasteiger partial charge in [-0.15, -0.1) is 11.3 Å². The predicted molar refractivity (Wildman–Crippen MR) is 77.9 cm³/mol. The molecule has 0 bridgehead atoms. The molecule has 1 fully saturated rings. The van der Waals surface area contributed by atoms with E-state index in [9.17, 15) is 4.79 Å². The zero-order chi connectivity index (χ0) is 14.0. The van der Waals surface area contributed by atoms with Crippen molar-refractivity contribution in [3.8, 4) is 0 Å². The molecular formula is C13H22N4OS. The molecule has 6 heteroatoms. The van der Waals surface area contributed by atoms with Gasteiger partial charge in [-0.25, -0.2) is 4.98 Å². The van der Waals surface area contributed by atoms with Crippen LogP contribution in [0.25, 0.3) is 0 Å². The molecule has 0 saturated carbocycles. The Morgan fingerprint density at radius 3 is 2.79 bits per heavy atom. The van der Waals surface area contributed by atoms with Crippen molar-refractivity contribution < 1.29 is 4.79 Å². The van der Waals surface area contributed by atoms with Crippen LogP contribution in [0.5, 0.6) is 0 Å². The molecule has 0 aliphatic carbocycles. The minimum atomic E-state index is -0.452. The first kappa shape index (κ1) is 14.3. The monoisotopic (exact) mass is 282 g/mol. The maximum absolute atomic E-state index is 12.5. The summed E-state index contributed by atoms with van der Waals surface area (Å²) in [6, 6.07) is 0. The summed E-state index contributed by atoms with van der Waals surface area (Å²) in [5.41, 5.74) is 5.20. The first-order valence-electron chi connectivity index (χ1n) is 6.69. The summed E-state index contributed by atoms with van der Waals surface area (Å²) in [5.74, 6) is 0.220. The van der Waals surface area contributed by atoms with E-state index in [1.54, 1.807) is 6.20 Å². The molecule has 106 valence electrons. The third-order valence-electron chi connectivity index (χ3n) is 3.65. The van der Waals surface area contributed by atoms with E-state index in [0.29, 0.717) is 5.13 Å². The van der Waals surface area contributed by atoms with Gasteiger partial charge in [0.2, 0.25) is 5.91 Å². The smallest absolute Gasteiger partial charge is 0.242 e. The normalized spacial score (nSPS) is 19.9. The minimum Gasteiger partial charge on any atom is -0.375 e. The summed E-state index contributed by atoms with van der Waals surface area (Å²) < 4.78 is 0. The number of carbonyl (C=O) groups excluding carboxylic acids is 1. The van der Waals surface area contributed by atoms with Gasteiger partial charge in [0, 0.05) is 37.3 Å². The predicted octanol–water partition coefficient (Wildman–Crippen LogP) is 1.56. The summed E-state index contributed by atoms with van der Waals surface area (Å²) in [4.78, 5) is 21.9. The molecular weight excluding hydrogens is 260 g/mol. The molecule has 1 aliphatic heterocycles. The van der Waals surface area contributed by atoms with E-state index in [2.05, 4.69) is 16.8 Å². The maximum atomic E-state index is 12.5. The number of thiazole rings is 1. The largest absolute Gasteiger partial charge is 0.375 e. The average Bonchev–Trinajstić information content (AvgIpc) is 2.75. The van der Waals surface area contributed by atoms with Gasteiger partial charge in [0.1, 0.15) is 0 Å². The Balaban J connectivity index is 2.08. The first-order chi connectivity index (χ1) is 8.95. The molecule has 19 heavy (non-hydrogen) atoms. The van der Waals surface area contributed by atoms with E-state index in [1.807, 2.05) is 18.7 Å². The van der Waals surface area contributed by atoms with Gasteiger partial charge in [-0.3, -0.25) is 9.69 Å². The summed E-state index contributed by atoms with van der Waals surface area (Å²) >= 11 is 1.49. The minimum absolute atomic E-state index is 0.220. The van der Waals surface area contributed by atoms with Crippen molar-refractivity contribution in [2.24, 2.45) is 0 Å². The number of rotatable bonds is 4. The van der Waals surface area contributed by atoms with Crippen LogP contribution in [0, 0.1) is 0 Å². The Labute approximate surface area is 118 Å². The molecule has 2 rings (SSSR count). The second kappa shape index (κ2) is 5.46.